The number of hydrogen-bond donors (Lipinski definition) is 0. The molecule has 2 aromatic heterocycles. The highest BCUT2D eigenvalue weighted by Crippen LogP contribution is 2.47. The molecule has 2 aromatic carbocycles. The Kier molecular flexibility index (Phi) is 6.37. The third-order valence-corrected chi connectivity index (χ3v) is 9.65. The Morgan fingerprint density at radius 3 is 2.75 bits per heavy atom. The standard InChI is InChI=1S/C29H23F2N3O4S2/c30-20-7-6-18-19(24(20)31)16-40-22-9-13-39-28(22)25(18)34-23-15-37-12-11-32(23)29(36)26-27(21(35)8-10-33(26)34)38-14-17-4-2-1-3-5-17/h1-10,13,23,25H,11-12,14-16H2/t23-,25-/m1/s1. The summed E-state index contributed by atoms with van der Waals surface area (Å²) in [4.78, 5) is 30.7. The number of fused-ring (bicyclic) bond motifs is 4. The number of thiophene rings is 1. The number of carbonyl (C=O) groups is 1. The van der Waals surface area contributed by atoms with Crippen molar-refractivity contribution in [2.45, 2.75) is 29.5 Å². The van der Waals surface area contributed by atoms with E-state index in [1.807, 2.05) is 46.8 Å². The minimum absolute atomic E-state index is 0.0498. The number of rotatable bonds is 4. The first-order valence-corrected chi connectivity index (χ1v) is 14.7. The molecule has 0 saturated carbocycles. The molecule has 0 bridgehead atoms. The van der Waals surface area contributed by atoms with Crippen molar-refractivity contribution in [2.75, 3.05) is 24.8 Å². The molecule has 5 heterocycles. The lowest BCUT2D eigenvalue weighted by Crippen LogP contribution is -2.66. The van der Waals surface area contributed by atoms with Crippen LogP contribution in [0.3, 0.4) is 0 Å². The van der Waals surface area contributed by atoms with Crippen LogP contribution in [0.25, 0.3) is 0 Å². The Hall–Kier alpha value is -3.67. The SMILES string of the molecule is O=C1c2c(OCc3ccccc3)c(=O)ccn2N([C@@H]2c3ccc(F)c(F)c3CSc3ccsc32)[C@@H]2COCCN12. The number of carbonyl (C=O) groups excluding carboxylic acids is 1. The van der Waals surface area contributed by atoms with Gasteiger partial charge in [-0.05, 0) is 28.6 Å². The Labute approximate surface area is 236 Å². The number of aromatic nitrogens is 1. The van der Waals surface area contributed by atoms with Crippen molar-refractivity contribution >= 4 is 29.0 Å². The highest BCUT2D eigenvalue weighted by atomic mass is 32.2. The lowest BCUT2D eigenvalue weighted by atomic mass is 9.97. The van der Waals surface area contributed by atoms with Crippen molar-refractivity contribution in [1.82, 2.24) is 9.58 Å². The minimum Gasteiger partial charge on any atom is -0.482 e. The van der Waals surface area contributed by atoms with E-state index in [9.17, 15) is 14.0 Å². The molecule has 1 amide bonds. The Morgan fingerprint density at radius 1 is 1.05 bits per heavy atom. The molecule has 11 heteroatoms. The first-order valence-electron chi connectivity index (χ1n) is 12.8. The molecule has 7 nitrogen and oxygen atoms in total. The molecule has 0 aliphatic carbocycles. The molecule has 3 aliphatic heterocycles. The molecule has 3 aliphatic rings. The van der Waals surface area contributed by atoms with Gasteiger partial charge in [-0.2, -0.15) is 0 Å². The average molecular weight is 580 g/mol. The molecule has 204 valence electrons. The van der Waals surface area contributed by atoms with Crippen LogP contribution >= 0.6 is 23.1 Å². The van der Waals surface area contributed by atoms with E-state index in [0.717, 1.165) is 21.4 Å². The van der Waals surface area contributed by atoms with Crippen molar-refractivity contribution in [3.63, 3.8) is 0 Å². The predicted octanol–water partition coefficient (Wildman–Crippen LogP) is 4.91. The van der Waals surface area contributed by atoms with E-state index in [1.165, 1.54) is 29.2 Å². The molecule has 0 radical (unpaired) electrons. The number of benzene rings is 2. The summed E-state index contributed by atoms with van der Waals surface area (Å²) in [5.74, 6) is -1.90. The molecule has 0 spiro atoms. The van der Waals surface area contributed by atoms with E-state index in [4.69, 9.17) is 9.47 Å². The van der Waals surface area contributed by atoms with E-state index in [2.05, 4.69) is 0 Å². The zero-order chi connectivity index (χ0) is 27.4. The quantitative estimate of drug-likeness (QED) is 0.343. The lowest BCUT2D eigenvalue weighted by molar-refractivity contribution is -0.0198. The second-order valence-corrected chi connectivity index (χ2v) is 11.6. The van der Waals surface area contributed by atoms with Gasteiger partial charge in [0.05, 0.1) is 13.2 Å². The molecular formula is C29H23F2N3O4S2. The summed E-state index contributed by atoms with van der Waals surface area (Å²) in [5, 5.41) is 3.92. The van der Waals surface area contributed by atoms with Crippen LogP contribution in [0.1, 0.15) is 38.1 Å². The van der Waals surface area contributed by atoms with Gasteiger partial charge >= 0.3 is 0 Å². The lowest BCUT2D eigenvalue weighted by Gasteiger charge is -2.51. The summed E-state index contributed by atoms with van der Waals surface area (Å²) in [6, 6.07) is 14.9. The van der Waals surface area contributed by atoms with Crippen molar-refractivity contribution in [3.05, 3.63) is 115 Å². The van der Waals surface area contributed by atoms with Crippen LogP contribution in [-0.2, 0) is 17.1 Å². The minimum atomic E-state index is -0.902. The number of hydrogen-bond acceptors (Lipinski definition) is 7. The molecule has 4 aromatic rings. The molecule has 0 unspecified atom stereocenters. The van der Waals surface area contributed by atoms with Crippen LogP contribution in [-0.4, -0.2) is 41.4 Å². The first kappa shape index (κ1) is 25.3. The monoisotopic (exact) mass is 579 g/mol. The summed E-state index contributed by atoms with van der Waals surface area (Å²) in [5.41, 5.74) is 1.42. The topological polar surface area (TPSA) is 64.0 Å². The van der Waals surface area contributed by atoms with E-state index in [-0.39, 0.29) is 41.9 Å². The first-order chi connectivity index (χ1) is 19.5. The Balaban J connectivity index is 1.44. The van der Waals surface area contributed by atoms with Gasteiger partial charge < -0.3 is 14.4 Å². The van der Waals surface area contributed by atoms with Gasteiger partial charge in [0.1, 0.15) is 18.8 Å². The van der Waals surface area contributed by atoms with Gasteiger partial charge in [-0.3, -0.25) is 19.3 Å². The van der Waals surface area contributed by atoms with E-state index in [1.54, 1.807) is 21.8 Å². The number of pyridine rings is 1. The second-order valence-electron chi connectivity index (χ2n) is 9.68. The van der Waals surface area contributed by atoms with Gasteiger partial charge in [0, 0.05) is 39.9 Å². The van der Waals surface area contributed by atoms with Crippen molar-refractivity contribution in [3.8, 4) is 5.75 Å². The molecule has 1 fully saturated rings. The van der Waals surface area contributed by atoms with Crippen LogP contribution in [0.5, 0.6) is 5.75 Å². The van der Waals surface area contributed by atoms with Gasteiger partial charge in [0.15, 0.2) is 23.1 Å². The molecule has 2 atom stereocenters. The van der Waals surface area contributed by atoms with E-state index in [0.29, 0.717) is 18.7 Å². The summed E-state index contributed by atoms with van der Waals surface area (Å²) in [7, 11) is 0. The van der Waals surface area contributed by atoms with Gasteiger partial charge in [0.2, 0.25) is 5.43 Å². The predicted molar refractivity (Wildman–Crippen MR) is 147 cm³/mol. The van der Waals surface area contributed by atoms with Gasteiger partial charge in [0.25, 0.3) is 5.91 Å². The third-order valence-electron chi connectivity index (χ3n) is 7.45. The molecule has 1 saturated heterocycles. The molecule has 7 rings (SSSR count). The summed E-state index contributed by atoms with van der Waals surface area (Å²) < 4.78 is 43.2. The number of ether oxygens (including phenoxy) is 2. The maximum atomic E-state index is 15.2. The maximum absolute atomic E-state index is 15.2. The number of morpholine rings is 1. The molecular weight excluding hydrogens is 556 g/mol. The molecule has 40 heavy (non-hydrogen) atoms. The van der Waals surface area contributed by atoms with Gasteiger partial charge in [-0.15, -0.1) is 23.1 Å². The fraction of sp³-hybridized carbons (Fsp3) is 0.241. The van der Waals surface area contributed by atoms with E-state index >= 15 is 4.39 Å². The zero-order valence-electron chi connectivity index (χ0n) is 21.1. The van der Waals surface area contributed by atoms with Crippen LogP contribution < -0.4 is 15.2 Å². The Morgan fingerprint density at radius 2 is 1.90 bits per heavy atom. The number of nitrogens with zero attached hydrogens (tertiary/aromatic N) is 3. The maximum Gasteiger partial charge on any atom is 0.278 e. The fourth-order valence-corrected chi connectivity index (χ4v) is 7.90. The number of amides is 1. The normalized spacial score (nSPS) is 19.8. The van der Waals surface area contributed by atoms with Crippen LogP contribution in [0.15, 0.2) is 75.9 Å². The summed E-state index contributed by atoms with van der Waals surface area (Å²) >= 11 is 2.97. The largest absolute Gasteiger partial charge is 0.482 e. The van der Waals surface area contributed by atoms with E-state index < -0.39 is 29.3 Å². The third kappa shape index (κ3) is 4.03. The zero-order valence-corrected chi connectivity index (χ0v) is 22.7. The van der Waals surface area contributed by atoms with Gasteiger partial charge in [-0.1, -0.05) is 36.4 Å². The van der Waals surface area contributed by atoms with Crippen molar-refractivity contribution in [2.24, 2.45) is 0 Å². The van der Waals surface area contributed by atoms with Gasteiger partial charge in [-0.25, -0.2) is 8.78 Å². The Bertz CT molecular complexity index is 1680. The summed E-state index contributed by atoms with van der Waals surface area (Å²) in [6.07, 6.45) is 1.00. The van der Waals surface area contributed by atoms with Crippen LogP contribution in [0.4, 0.5) is 8.78 Å². The number of halogens is 2. The molecule has 0 N–H and O–H groups in total. The van der Waals surface area contributed by atoms with Crippen molar-refractivity contribution in [1.29, 1.82) is 0 Å². The smallest absolute Gasteiger partial charge is 0.278 e. The highest BCUT2D eigenvalue weighted by Gasteiger charge is 2.46. The second kappa shape index (κ2) is 10.1. The fourth-order valence-electron chi connectivity index (χ4n) is 5.58. The average Bonchev–Trinajstić information content (AvgIpc) is 3.38. The highest BCUT2D eigenvalue weighted by molar-refractivity contribution is 7.98. The number of thioether (sulfide) groups is 1. The summed E-state index contributed by atoms with van der Waals surface area (Å²) in [6.45, 7) is 0.968. The van der Waals surface area contributed by atoms with Crippen LogP contribution in [0.2, 0.25) is 0 Å². The van der Waals surface area contributed by atoms with Crippen molar-refractivity contribution < 1.29 is 23.0 Å². The van der Waals surface area contributed by atoms with Crippen LogP contribution in [0, 0.1) is 11.6 Å².